The summed E-state index contributed by atoms with van der Waals surface area (Å²) in [5.41, 5.74) is 1.39. The first kappa shape index (κ1) is 19.9. The van der Waals surface area contributed by atoms with Gasteiger partial charge in [0.2, 0.25) is 5.90 Å². The van der Waals surface area contributed by atoms with Crippen molar-refractivity contribution in [2.75, 3.05) is 51.1 Å². The molecule has 2 aliphatic rings. The van der Waals surface area contributed by atoms with Crippen LogP contribution in [0.15, 0.2) is 58.1 Å². The fourth-order valence-corrected chi connectivity index (χ4v) is 3.64. The first-order valence-corrected chi connectivity index (χ1v) is 10.3. The first-order chi connectivity index (χ1) is 14.2. The van der Waals surface area contributed by atoms with Gasteiger partial charge >= 0.3 is 0 Å². The maximum absolute atomic E-state index is 12.4. The molecule has 7 nitrogen and oxygen atoms in total. The van der Waals surface area contributed by atoms with E-state index in [2.05, 4.69) is 25.9 Å². The smallest absolute Gasteiger partial charge is 0.285 e. The number of morpholine rings is 1. The van der Waals surface area contributed by atoms with Crippen LogP contribution in [-0.2, 0) is 14.3 Å². The van der Waals surface area contributed by atoms with E-state index in [0.29, 0.717) is 23.9 Å². The molecular weight excluding hydrogens is 438 g/mol. The van der Waals surface area contributed by atoms with Crippen molar-refractivity contribution >= 4 is 33.4 Å². The third-order valence-electron chi connectivity index (χ3n) is 4.73. The maximum Gasteiger partial charge on any atom is 0.285 e. The van der Waals surface area contributed by atoms with E-state index in [1.165, 1.54) is 5.01 Å². The Morgan fingerprint density at radius 2 is 1.83 bits per heavy atom. The topological polar surface area (TPSA) is 63.6 Å². The normalized spacial score (nSPS) is 17.6. The van der Waals surface area contributed by atoms with E-state index in [4.69, 9.17) is 14.2 Å². The number of para-hydroxylation sites is 2. The Hall–Kier alpha value is -2.42. The lowest BCUT2D eigenvalue weighted by Gasteiger charge is -2.27. The molecule has 2 heterocycles. The van der Waals surface area contributed by atoms with E-state index in [1.807, 2.05) is 48.5 Å². The van der Waals surface area contributed by atoms with Crippen LogP contribution < -0.4 is 9.75 Å². The minimum absolute atomic E-state index is 0.0811. The number of amides is 1. The minimum atomic E-state index is -0.230. The Balaban J connectivity index is 1.52. The summed E-state index contributed by atoms with van der Waals surface area (Å²) in [5, 5.41) is 5.83. The number of anilines is 1. The molecule has 1 saturated heterocycles. The van der Waals surface area contributed by atoms with Crippen LogP contribution in [0.25, 0.3) is 0 Å². The van der Waals surface area contributed by atoms with Crippen LogP contribution in [0.5, 0.6) is 5.75 Å². The van der Waals surface area contributed by atoms with Crippen molar-refractivity contribution in [3.05, 3.63) is 58.6 Å². The van der Waals surface area contributed by atoms with E-state index < -0.39 is 0 Å². The average molecular weight is 460 g/mol. The SMILES string of the molecule is O=C1COC(c2ccccc2OCCN2CCOCC2)=NN1c1ccccc1Br. The molecule has 0 saturated carbocycles. The second-order valence-corrected chi connectivity index (χ2v) is 7.50. The third-order valence-corrected chi connectivity index (χ3v) is 5.40. The van der Waals surface area contributed by atoms with E-state index in [1.54, 1.807) is 0 Å². The van der Waals surface area contributed by atoms with Crippen LogP contribution in [0.1, 0.15) is 5.56 Å². The largest absolute Gasteiger partial charge is 0.491 e. The van der Waals surface area contributed by atoms with Gasteiger partial charge in [0, 0.05) is 24.1 Å². The van der Waals surface area contributed by atoms with Crippen LogP contribution in [0.4, 0.5) is 5.69 Å². The molecule has 2 aromatic rings. The van der Waals surface area contributed by atoms with E-state index >= 15 is 0 Å². The van der Waals surface area contributed by atoms with Gasteiger partial charge in [-0.05, 0) is 40.2 Å². The Labute approximate surface area is 178 Å². The molecule has 29 heavy (non-hydrogen) atoms. The molecule has 1 amide bonds. The standard InChI is InChI=1S/C21H22BrN3O4/c22-17-6-2-3-7-18(17)25-20(26)15-29-21(23-25)16-5-1-4-8-19(16)28-14-11-24-9-12-27-13-10-24/h1-8H,9-15H2. The molecule has 0 aliphatic carbocycles. The van der Waals surface area contributed by atoms with Gasteiger partial charge in [0.1, 0.15) is 12.4 Å². The predicted octanol–water partition coefficient (Wildman–Crippen LogP) is 2.89. The van der Waals surface area contributed by atoms with Crippen LogP contribution >= 0.6 is 15.9 Å². The number of hydrazone groups is 1. The highest BCUT2D eigenvalue weighted by molar-refractivity contribution is 9.10. The molecule has 0 atom stereocenters. The van der Waals surface area contributed by atoms with E-state index in [9.17, 15) is 4.79 Å². The van der Waals surface area contributed by atoms with Crippen molar-refractivity contribution in [3.63, 3.8) is 0 Å². The molecule has 4 rings (SSSR count). The number of carbonyl (C=O) groups is 1. The lowest BCUT2D eigenvalue weighted by atomic mass is 10.2. The highest BCUT2D eigenvalue weighted by Gasteiger charge is 2.26. The number of ether oxygens (including phenoxy) is 3. The van der Waals surface area contributed by atoms with Gasteiger partial charge in [-0.2, -0.15) is 5.01 Å². The van der Waals surface area contributed by atoms with Crippen molar-refractivity contribution in [2.45, 2.75) is 0 Å². The molecule has 0 unspecified atom stereocenters. The zero-order valence-corrected chi connectivity index (χ0v) is 17.5. The van der Waals surface area contributed by atoms with Crippen molar-refractivity contribution in [1.82, 2.24) is 4.90 Å². The molecule has 0 aromatic heterocycles. The summed E-state index contributed by atoms with van der Waals surface area (Å²) in [7, 11) is 0. The van der Waals surface area contributed by atoms with Gasteiger partial charge in [-0.15, -0.1) is 5.10 Å². The summed E-state index contributed by atoms with van der Waals surface area (Å²) in [6, 6.07) is 15.0. The number of rotatable bonds is 6. The molecule has 2 aromatic carbocycles. The molecular formula is C21H22BrN3O4. The Morgan fingerprint density at radius 3 is 2.66 bits per heavy atom. The van der Waals surface area contributed by atoms with Crippen LogP contribution in [-0.4, -0.2) is 62.8 Å². The molecule has 0 N–H and O–H groups in total. The molecule has 0 radical (unpaired) electrons. The second-order valence-electron chi connectivity index (χ2n) is 6.65. The number of benzene rings is 2. The number of hydrogen-bond acceptors (Lipinski definition) is 6. The molecule has 8 heteroatoms. The summed E-state index contributed by atoms with van der Waals surface area (Å²) in [4.78, 5) is 14.7. The maximum atomic E-state index is 12.4. The average Bonchev–Trinajstić information content (AvgIpc) is 2.76. The first-order valence-electron chi connectivity index (χ1n) is 9.53. The fraction of sp³-hybridized carbons (Fsp3) is 0.333. The Morgan fingerprint density at radius 1 is 1.07 bits per heavy atom. The van der Waals surface area contributed by atoms with Gasteiger partial charge in [-0.1, -0.05) is 24.3 Å². The van der Waals surface area contributed by atoms with Crippen molar-refractivity contribution in [2.24, 2.45) is 5.10 Å². The minimum Gasteiger partial charge on any atom is -0.491 e. The fourth-order valence-electron chi connectivity index (χ4n) is 3.19. The number of halogens is 1. The number of carbonyl (C=O) groups excluding carboxylic acids is 1. The monoisotopic (exact) mass is 459 g/mol. The van der Waals surface area contributed by atoms with Gasteiger partial charge < -0.3 is 14.2 Å². The predicted molar refractivity (Wildman–Crippen MR) is 113 cm³/mol. The van der Waals surface area contributed by atoms with Gasteiger partial charge in [0.15, 0.2) is 6.61 Å². The van der Waals surface area contributed by atoms with Gasteiger partial charge in [-0.25, -0.2) is 0 Å². The van der Waals surface area contributed by atoms with E-state index in [0.717, 1.165) is 42.9 Å². The van der Waals surface area contributed by atoms with Gasteiger partial charge in [0.05, 0.1) is 24.5 Å². The zero-order chi connectivity index (χ0) is 20.1. The summed E-state index contributed by atoms with van der Waals surface area (Å²) in [5.74, 6) is 0.814. The summed E-state index contributed by atoms with van der Waals surface area (Å²) >= 11 is 3.48. The van der Waals surface area contributed by atoms with Crippen molar-refractivity contribution in [3.8, 4) is 5.75 Å². The lowest BCUT2D eigenvalue weighted by molar-refractivity contribution is -0.121. The van der Waals surface area contributed by atoms with Crippen LogP contribution in [0, 0.1) is 0 Å². The Bertz CT molecular complexity index is 899. The van der Waals surface area contributed by atoms with E-state index in [-0.39, 0.29) is 12.5 Å². The number of hydrogen-bond donors (Lipinski definition) is 0. The Kier molecular flexibility index (Phi) is 6.43. The van der Waals surface area contributed by atoms with Crippen molar-refractivity contribution in [1.29, 1.82) is 0 Å². The molecule has 0 bridgehead atoms. The molecule has 0 spiro atoms. The molecule has 1 fully saturated rings. The molecule has 2 aliphatic heterocycles. The van der Waals surface area contributed by atoms with Gasteiger partial charge in [0.25, 0.3) is 5.91 Å². The highest BCUT2D eigenvalue weighted by Crippen LogP contribution is 2.29. The third kappa shape index (κ3) is 4.77. The lowest BCUT2D eigenvalue weighted by Crippen LogP contribution is -2.39. The highest BCUT2D eigenvalue weighted by atomic mass is 79.9. The summed E-state index contributed by atoms with van der Waals surface area (Å²) in [6.45, 7) is 4.67. The summed E-state index contributed by atoms with van der Waals surface area (Å²) < 4.78 is 17.8. The molecule has 152 valence electrons. The van der Waals surface area contributed by atoms with Crippen molar-refractivity contribution < 1.29 is 19.0 Å². The summed E-state index contributed by atoms with van der Waals surface area (Å²) in [6.07, 6.45) is 0. The zero-order valence-electron chi connectivity index (χ0n) is 15.9. The quantitative estimate of drug-likeness (QED) is 0.664. The second kappa shape index (κ2) is 9.39. The van der Waals surface area contributed by atoms with Crippen LogP contribution in [0.3, 0.4) is 0 Å². The van der Waals surface area contributed by atoms with Gasteiger partial charge in [-0.3, -0.25) is 9.69 Å². The van der Waals surface area contributed by atoms with Crippen LogP contribution in [0.2, 0.25) is 0 Å². The number of nitrogens with zero attached hydrogens (tertiary/aromatic N) is 3.